The molecule has 0 aliphatic rings. The largest absolute Gasteiger partial charge is 0.508 e. The van der Waals surface area contributed by atoms with Crippen LogP contribution in [-0.4, -0.2) is 68.0 Å². The molecule has 21 heavy (non-hydrogen) atoms. The van der Waals surface area contributed by atoms with Crippen LogP contribution in [0.5, 0.6) is 11.5 Å². The van der Waals surface area contributed by atoms with Gasteiger partial charge in [0.1, 0.15) is 11.5 Å². The molecule has 1 aromatic carbocycles. The van der Waals surface area contributed by atoms with Crippen molar-refractivity contribution < 1.29 is 45.0 Å². The molecule has 1 rings (SSSR count). The van der Waals surface area contributed by atoms with Gasteiger partial charge in [-0.3, -0.25) is 0 Å². The van der Waals surface area contributed by atoms with Crippen LogP contribution < -0.4 is 0 Å². The van der Waals surface area contributed by atoms with Gasteiger partial charge in [0.25, 0.3) is 0 Å². The Morgan fingerprint density at radius 1 is 0.952 bits per heavy atom. The molecule has 9 heteroatoms. The molecule has 2 atom stereocenters. The molecule has 0 heterocycles. The first-order valence-electron chi connectivity index (χ1n) is 5.63. The minimum atomic E-state index is -1.82. The molecule has 0 radical (unpaired) electrons. The number of hydrogen-bond acceptors (Lipinski definition) is 9. The minimum absolute atomic E-state index is 0.0880. The maximum atomic E-state index is 10.6. The quantitative estimate of drug-likeness (QED) is 0.269. The van der Waals surface area contributed by atoms with Crippen LogP contribution in [0.25, 0.3) is 0 Å². The van der Waals surface area contributed by atoms with E-state index in [0.717, 1.165) is 0 Å². The molecule has 0 bridgehead atoms. The zero-order valence-corrected chi connectivity index (χ0v) is 10.8. The maximum Gasteiger partial charge on any atom is 0.345 e. The van der Waals surface area contributed by atoms with Gasteiger partial charge in [0.2, 0.25) is 0 Å². The average Bonchev–Trinajstić information content (AvgIpc) is 2.45. The second-order valence-electron chi connectivity index (χ2n) is 3.66. The molecule has 0 fully saturated rings. The van der Waals surface area contributed by atoms with Gasteiger partial charge in [0.05, 0.1) is 13.2 Å². The number of benzene rings is 1. The molecule has 0 aliphatic carbocycles. The number of aliphatic hydroxyl groups is 4. The standard InChI is InChI=1S/C6H10O7.C6H6O2/c7-1-3(9)5(11)13-6(12)4(10)2-8;7-5-2-1-3-6(8)4-5/h3-4,7-10H,1-2H2;1-4,7-8H. The zero-order valence-electron chi connectivity index (χ0n) is 10.8. The van der Waals surface area contributed by atoms with Crippen molar-refractivity contribution in [1.29, 1.82) is 0 Å². The highest BCUT2D eigenvalue weighted by molar-refractivity contribution is 5.89. The van der Waals surface area contributed by atoms with Crippen LogP contribution >= 0.6 is 0 Å². The van der Waals surface area contributed by atoms with E-state index in [9.17, 15) is 9.59 Å². The average molecular weight is 304 g/mol. The Kier molecular flexibility index (Phi) is 8.65. The number of rotatable bonds is 4. The smallest absolute Gasteiger partial charge is 0.345 e. The number of esters is 2. The summed E-state index contributed by atoms with van der Waals surface area (Å²) in [6, 6.07) is 5.85. The Morgan fingerprint density at radius 2 is 1.33 bits per heavy atom. The predicted molar refractivity (Wildman–Crippen MR) is 67.1 cm³/mol. The Balaban J connectivity index is 0.000000423. The molecule has 1 aromatic rings. The van der Waals surface area contributed by atoms with Gasteiger partial charge < -0.3 is 35.4 Å². The van der Waals surface area contributed by atoms with E-state index in [1.54, 1.807) is 6.07 Å². The molecule has 0 spiro atoms. The summed E-state index contributed by atoms with van der Waals surface area (Å²) in [5.74, 6) is -2.57. The summed E-state index contributed by atoms with van der Waals surface area (Å²) >= 11 is 0. The third-order valence-corrected chi connectivity index (χ3v) is 1.92. The topological polar surface area (TPSA) is 165 Å². The van der Waals surface area contributed by atoms with Crippen molar-refractivity contribution in [1.82, 2.24) is 0 Å². The van der Waals surface area contributed by atoms with Gasteiger partial charge in [-0.2, -0.15) is 0 Å². The van der Waals surface area contributed by atoms with Crippen LogP contribution in [0.15, 0.2) is 24.3 Å². The van der Waals surface area contributed by atoms with Crippen molar-refractivity contribution >= 4 is 11.9 Å². The Morgan fingerprint density at radius 3 is 1.57 bits per heavy atom. The lowest BCUT2D eigenvalue weighted by Gasteiger charge is -2.08. The molecule has 2 unspecified atom stereocenters. The number of phenolic OH excluding ortho intramolecular Hbond substituents is 2. The van der Waals surface area contributed by atoms with E-state index in [1.807, 2.05) is 0 Å². The van der Waals surface area contributed by atoms with Crippen LogP contribution in [0.1, 0.15) is 0 Å². The van der Waals surface area contributed by atoms with E-state index in [-0.39, 0.29) is 11.5 Å². The van der Waals surface area contributed by atoms with E-state index in [4.69, 9.17) is 30.6 Å². The number of ether oxygens (including phenoxy) is 1. The third-order valence-electron chi connectivity index (χ3n) is 1.92. The van der Waals surface area contributed by atoms with Crippen molar-refractivity contribution in [3.05, 3.63) is 24.3 Å². The van der Waals surface area contributed by atoms with Crippen molar-refractivity contribution in [2.24, 2.45) is 0 Å². The van der Waals surface area contributed by atoms with Gasteiger partial charge >= 0.3 is 11.9 Å². The fourth-order valence-corrected chi connectivity index (χ4v) is 0.877. The Hall–Kier alpha value is -2.20. The van der Waals surface area contributed by atoms with Gasteiger partial charge in [0, 0.05) is 6.07 Å². The lowest BCUT2D eigenvalue weighted by molar-refractivity contribution is -0.173. The number of phenols is 2. The van der Waals surface area contributed by atoms with E-state index in [0.29, 0.717) is 0 Å². The number of carbonyl (C=O) groups excluding carboxylic acids is 2. The van der Waals surface area contributed by atoms with Crippen molar-refractivity contribution in [2.75, 3.05) is 13.2 Å². The van der Waals surface area contributed by atoms with Gasteiger partial charge in [-0.05, 0) is 12.1 Å². The fraction of sp³-hybridized carbons (Fsp3) is 0.333. The van der Waals surface area contributed by atoms with E-state index in [2.05, 4.69) is 4.74 Å². The fourth-order valence-electron chi connectivity index (χ4n) is 0.877. The molecule has 6 N–H and O–H groups in total. The molecule has 0 saturated heterocycles. The number of hydrogen-bond donors (Lipinski definition) is 6. The first-order chi connectivity index (χ1) is 9.81. The maximum absolute atomic E-state index is 10.6. The molecule has 0 amide bonds. The highest BCUT2D eigenvalue weighted by atomic mass is 16.6. The first kappa shape index (κ1) is 18.8. The van der Waals surface area contributed by atoms with E-state index < -0.39 is 37.4 Å². The van der Waals surface area contributed by atoms with Crippen LogP contribution in [0.3, 0.4) is 0 Å². The van der Waals surface area contributed by atoms with Gasteiger partial charge in [-0.25, -0.2) is 9.59 Å². The lowest BCUT2D eigenvalue weighted by Crippen LogP contribution is -2.34. The number of aliphatic hydroxyl groups excluding tert-OH is 4. The lowest BCUT2D eigenvalue weighted by atomic mass is 10.3. The number of aromatic hydroxyl groups is 2. The SMILES string of the molecule is O=C(OC(=O)C(O)CO)C(O)CO.Oc1cccc(O)c1. The van der Waals surface area contributed by atoms with Gasteiger partial charge in [-0.1, -0.05) is 6.07 Å². The monoisotopic (exact) mass is 304 g/mol. The van der Waals surface area contributed by atoms with E-state index >= 15 is 0 Å². The summed E-state index contributed by atoms with van der Waals surface area (Å²) in [6.45, 7) is -1.78. The summed E-state index contributed by atoms with van der Waals surface area (Å²) in [7, 11) is 0. The van der Waals surface area contributed by atoms with Crippen molar-refractivity contribution in [3.8, 4) is 11.5 Å². The molecule has 0 aromatic heterocycles. The highest BCUT2D eigenvalue weighted by Crippen LogP contribution is 2.14. The molecule has 9 nitrogen and oxygen atoms in total. The summed E-state index contributed by atoms with van der Waals surface area (Å²) in [5, 5.41) is 51.0. The van der Waals surface area contributed by atoms with Gasteiger partial charge in [0.15, 0.2) is 12.2 Å². The Bertz CT molecular complexity index is 423. The van der Waals surface area contributed by atoms with E-state index in [1.165, 1.54) is 18.2 Å². The normalized spacial score (nSPS) is 12.6. The summed E-state index contributed by atoms with van der Waals surface area (Å²) in [4.78, 5) is 21.1. The minimum Gasteiger partial charge on any atom is -0.508 e. The molecule has 0 aliphatic heterocycles. The first-order valence-corrected chi connectivity index (χ1v) is 5.63. The Labute approximate surface area is 119 Å². The summed E-state index contributed by atoms with van der Waals surface area (Å²) in [5.41, 5.74) is 0. The van der Waals surface area contributed by atoms with Crippen LogP contribution in [-0.2, 0) is 14.3 Å². The van der Waals surface area contributed by atoms with Gasteiger partial charge in [-0.15, -0.1) is 0 Å². The second kappa shape index (κ2) is 9.66. The second-order valence-corrected chi connectivity index (χ2v) is 3.66. The number of carbonyl (C=O) groups is 2. The van der Waals surface area contributed by atoms with Crippen molar-refractivity contribution in [3.63, 3.8) is 0 Å². The zero-order chi connectivity index (χ0) is 16.4. The molecule has 118 valence electrons. The molecule has 0 saturated carbocycles. The molecular formula is C12H16O9. The third kappa shape index (κ3) is 7.84. The summed E-state index contributed by atoms with van der Waals surface area (Å²) in [6.07, 6.45) is -3.65. The summed E-state index contributed by atoms with van der Waals surface area (Å²) < 4.78 is 3.86. The van der Waals surface area contributed by atoms with Crippen LogP contribution in [0.2, 0.25) is 0 Å². The van der Waals surface area contributed by atoms with Crippen LogP contribution in [0.4, 0.5) is 0 Å². The van der Waals surface area contributed by atoms with Crippen molar-refractivity contribution in [2.45, 2.75) is 12.2 Å². The predicted octanol–water partition coefficient (Wildman–Crippen LogP) is -2.14. The molecular weight excluding hydrogens is 288 g/mol. The highest BCUT2D eigenvalue weighted by Gasteiger charge is 2.23. The van der Waals surface area contributed by atoms with Crippen LogP contribution in [0, 0.1) is 0 Å².